The minimum atomic E-state index is -3.18. The van der Waals surface area contributed by atoms with Crippen LogP contribution in [0.1, 0.15) is 26.2 Å². The second kappa shape index (κ2) is 6.67. The van der Waals surface area contributed by atoms with Crippen molar-refractivity contribution in [2.75, 3.05) is 0 Å². The smallest absolute Gasteiger partial charge is 0.205 e. The molecule has 2 rings (SSSR count). The van der Waals surface area contributed by atoms with Crippen LogP contribution in [0.4, 0.5) is 0 Å². The van der Waals surface area contributed by atoms with Crippen LogP contribution in [0.15, 0.2) is 60.7 Å². The number of hydrogen-bond acceptors (Lipinski definition) is 2. The molecule has 0 fully saturated rings. The average Bonchev–Trinajstić information content (AvgIpc) is 2.53. The molecule has 0 bridgehead atoms. The summed E-state index contributed by atoms with van der Waals surface area (Å²) in [5.74, 6) is 0. The number of benzene rings is 2. The Morgan fingerprint density at radius 2 is 1.35 bits per heavy atom. The fourth-order valence-corrected chi connectivity index (χ4v) is 4.73. The van der Waals surface area contributed by atoms with Gasteiger partial charge in [0.25, 0.3) is 0 Å². The lowest BCUT2D eigenvalue weighted by molar-refractivity contribution is -0.111. The quantitative estimate of drug-likeness (QED) is 0.758. The number of carbonyl (C=O) groups excluding carboxylic acids is 1. The van der Waals surface area contributed by atoms with Gasteiger partial charge in [-0.2, -0.15) is 0 Å². The fraction of sp³-hybridized carbons (Fsp3) is 0.235. The summed E-state index contributed by atoms with van der Waals surface area (Å²) >= 11 is 0. The zero-order valence-electron chi connectivity index (χ0n) is 11.7. The van der Waals surface area contributed by atoms with Crippen molar-refractivity contribution in [1.82, 2.24) is 0 Å². The SMILES string of the molecule is CCCCC(=O)P(=O)(c1ccccc1)c1ccccc1. The van der Waals surface area contributed by atoms with E-state index in [0.717, 1.165) is 12.8 Å². The molecule has 0 N–H and O–H groups in total. The Balaban J connectivity index is 2.50. The van der Waals surface area contributed by atoms with Crippen LogP contribution in [0.25, 0.3) is 0 Å². The molecule has 0 saturated carbocycles. The van der Waals surface area contributed by atoms with Crippen molar-refractivity contribution in [3.63, 3.8) is 0 Å². The van der Waals surface area contributed by atoms with E-state index in [9.17, 15) is 9.36 Å². The van der Waals surface area contributed by atoms with Gasteiger partial charge in [-0.05, 0) is 6.42 Å². The second-order valence-corrected chi connectivity index (χ2v) is 7.53. The van der Waals surface area contributed by atoms with Gasteiger partial charge in [-0.15, -0.1) is 0 Å². The van der Waals surface area contributed by atoms with E-state index >= 15 is 0 Å². The third kappa shape index (κ3) is 2.91. The Labute approximate surface area is 120 Å². The Morgan fingerprint density at radius 1 is 0.900 bits per heavy atom. The summed E-state index contributed by atoms with van der Waals surface area (Å²) in [4.78, 5) is 12.6. The molecule has 0 spiro atoms. The Hall–Kier alpha value is -1.66. The highest BCUT2D eigenvalue weighted by Crippen LogP contribution is 2.45. The molecule has 0 aliphatic carbocycles. The maximum atomic E-state index is 13.5. The van der Waals surface area contributed by atoms with E-state index in [1.807, 2.05) is 43.3 Å². The minimum Gasteiger partial charge on any atom is -0.306 e. The molecule has 0 aliphatic heterocycles. The second-order valence-electron chi connectivity index (χ2n) is 4.78. The number of carbonyl (C=O) groups is 1. The summed E-state index contributed by atoms with van der Waals surface area (Å²) in [6.07, 6.45) is 2.08. The van der Waals surface area contributed by atoms with E-state index in [1.165, 1.54) is 0 Å². The lowest BCUT2D eigenvalue weighted by Crippen LogP contribution is -2.22. The zero-order valence-corrected chi connectivity index (χ0v) is 12.6. The van der Waals surface area contributed by atoms with Crippen LogP contribution in [-0.2, 0) is 9.36 Å². The molecule has 0 aromatic heterocycles. The van der Waals surface area contributed by atoms with Crippen LogP contribution in [0.3, 0.4) is 0 Å². The van der Waals surface area contributed by atoms with Gasteiger partial charge in [-0.3, -0.25) is 4.79 Å². The normalized spacial score (nSPS) is 11.2. The first-order valence-corrected chi connectivity index (χ1v) is 8.65. The first kappa shape index (κ1) is 14.7. The number of rotatable bonds is 6. The van der Waals surface area contributed by atoms with Crippen molar-refractivity contribution in [1.29, 1.82) is 0 Å². The highest BCUT2D eigenvalue weighted by Gasteiger charge is 2.34. The molecule has 20 heavy (non-hydrogen) atoms. The molecule has 2 nitrogen and oxygen atoms in total. The molecule has 0 unspecified atom stereocenters. The fourth-order valence-electron chi connectivity index (χ4n) is 2.20. The monoisotopic (exact) mass is 286 g/mol. The third-order valence-corrected chi connectivity index (χ3v) is 6.31. The standard InChI is InChI=1S/C17H19O2P/c1-2-3-14-17(18)20(19,15-10-6-4-7-11-15)16-12-8-5-9-13-16/h4-13H,2-3,14H2,1H3. The molecule has 0 saturated heterocycles. The molecular formula is C17H19O2P. The van der Waals surface area contributed by atoms with Crippen LogP contribution >= 0.6 is 7.14 Å². The molecule has 3 heteroatoms. The van der Waals surface area contributed by atoms with Crippen LogP contribution in [-0.4, -0.2) is 5.52 Å². The summed E-state index contributed by atoms with van der Waals surface area (Å²) in [6, 6.07) is 18.2. The van der Waals surface area contributed by atoms with Gasteiger partial charge in [-0.1, -0.05) is 74.0 Å². The van der Waals surface area contributed by atoms with E-state index in [2.05, 4.69) is 0 Å². The van der Waals surface area contributed by atoms with E-state index in [-0.39, 0.29) is 5.52 Å². The van der Waals surface area contributed by atoms with Crippen molar-refractivity contribution in [3.8, 4) is 0 Å². The molecule has 0 amide bonds. The molecule has 2 aromatic carbocycles. The summed E-state index contributed by atoms with van der Waals surface area (Å²) in [5.41, 5.74) is -0.142. The average molecular weight is 286 g/mol. The van der Waals surface area contributed by atoms with E-state index in [1.54, 1.807) is 24.3 Å². The van der Waals surface area contributed by atoms with Gasteiger partial charge in [-0.25, -0.2) is 0 Å². The first-order chi connectivity index (χ1) is 9.69. The molecule has 0 aliphatic rings. The third-order valence-electron chi connectivity index (χ3n) is 3.34. The predicted molar refractivity (Wildman–Crippen MR) is 84.3 cm³/mol. The number of unbranched alkanes of at least 4 members (excludes halogenated alkanes) is 1. The Kier molecular flexibility index (Phi) is 4.92. The van der Waals surface area contributed by atoms with Gasteiger partial charge < -0.3 is 4.57 Å². The molecule has 2 aromatic rings. The van der Waals surface area contributed by atoms with Gasteiger partial charge >= 0.3 is 0 Å². The Bertz CT molecular complexity index is 562. The largest absolute Gasteiger partial charge is 0.306 e. The van der Waals surface area contributed by atoms with Crippen LogP contribution in [0.5, 0.6) is 0 Å². The van der Waals surface area contributed by atoms with E-state index in [0.29, 0.717) is 17.0 Å². The summed E-state index contributed by atoms with van der Waals surface area (Å²) in [6.45, 7) is 2.03. The predicted octanol–water partition coefficient (Wildman–Crippen LogP) is 3.72. The lowest BCUT2D eigenvalue weighted by Gasteiger charge is -2.17. The van der Waals surface area contributed by atoms with E-state index in [4.69, 9.17) is 0 Å². The van der Waals surface area contributed by atoms with Crippen LogP contribution in [0.2, 0.25) is 0 Å². The van der Waals surface area contributed by atoms with Crippen molar-refractivity contribution >= 4 is 23.3 Å². The van der Waals surface area contributed by atoms with Crippen molar-refractivity contribution in [3.05, 3.63) is 60.7 Å². The molecule has 104 valence electrons. The molecule has 0 heterocycles. The van der Waals surface area contributed by atoms with Gasteiger partial charge in [0, 0.05) is 17.0 Å². The van der Waals surface area contributed by atoms with Crippen LogP contribution in [0, 0.1) is 0 Å². The van der Waals surface area contributed by atoms with Crippen LogP contribution < -0.4 is 10.6 Å². The molecule has 0 radical (unpaired) electrons. The maximum Gasteiger partial charge on any atom is 0.205 e. The highest BCUT2D eigenvalue weighted by atomic mass is 31.2. The van der Waals surface area contributed by atoms with Crippen molar-refractivity contribution in [2.24, 2.45) is 0 Å². The summed E-state index contributed by atoms with van der Waals surface area (Å²) in [5, 5.41) is 1.26. The number of hydrogen-bond donors (Lipinski definition) is 0. The lowest BCUT2D eigenvalue weighted by atomic mass is 10.3. The zero-order chi connectivity index (χ0) is 14.4. The van der Waals surface area contributed by atoms with Crippen molar-refractivity contribution < 1.29 is 9.36 Å². The minimum absolute atomic E-state index is 0.142. The molecular weight excluding hydrogens is 267 g/mol. The summed E-state index contributed by atoms with van der Waals surface area (Å²) in [7, 11) is -3.18. The highest BCUT2D eigenvalue weighted by molar-refractivity contribution is 7.93. The first-order valence-electron chi connectivity index (χ1n) is 6.94. The van der Waals surface area contributed by atoms with E-state index < -0.39 is 7.14 Å². The Morgan fingerprint density at radius 3 is 1.75 bits per heavy atom. The van der Waals surface area contributed by atoms with Gasteiger partial charge in [0.15, 0.2) is 5.52 Å². The molecule has 0 atom stereocenters. The van der Waals surface area contributed by atoms with Crippen molar-refractivity contribution in [2.45, 2.75) is 26.2 Å². The topological polar surface area (TPSA) is 34.1 Å². The van der Waals surface area contributed by atoms with Gasteiger partial charge in [0.1, 0.15) is 0 Å². The maximum absolute atomic E-state index is 13.5. The van der Waals surface area contributed by atoms with Gasteiger partial charge in [0.05, 0.1) is 0 Å². The summed E-state index contributed by atoms with van der Waals surface area (Å²) < 4.78 is 13.5. The van der Waals surface area contributed by atoms with Gasteiger partial charge in [0.2, 0.25) is 7.14 Å².